The summed E-state index contributed by atoms with van der Waals surface area (Å²) in [5, 5.41) is 3.05. The number of carbonyl (C=O) groups is 2. The predicted molar refractivity (Wildman–Crippen MR) is 109 cm³/mol. The number of benzene rings is 2. The maximum atomic E-state index is 12.3. The summed E-state index contributed by atoms with van der Waals surface area (Å²) in [6, 6.07) is 10.2. The molecule has 0 saturated heterocycles. The van der Waals surface area contributed by atoms with Crippen molar-refractivity contribution >= 4 is 38.6 Å². The van der Waals surface area contributed by atoms with E-state index in [0.29, 0.717) is 23.2 Å². The lowest BCUT2D eigenvalue weighted by atomic mass is 10.2. The van der Waals surface area contributed by atoms with E-state index in [-0.39, 0.29) is 5.56 Å². The van der Waals surface area contributed by atoms with Gasteiger partial charge in [-0.05, 0) is 37.3 Å². The molecule has 0 bridgehead atoms. The van der Waals surface area contributed by atoms with Gasteiger partial charge in [-0.2, -0.15) is 0 Å². The molecule has 0 fully saturated rings. The molecule has 0 aliphatic carbocycles. The monoisotopic (exact) mass is 416 g/mol. The molecule has 2 aromatic carbocycles. The number of hydrogen-bond donors (Lipinski definition) is 1. The Bertz CT molecular complexity index is 1030. The minimum absolute atomic E-state index is 0.199. The lowest BCUT2D eigenvalue weighted by Gasteiger charge is -2.10. The standard InChI is InChI=1S/C20H20N2O6S/c1-4-27-13-6-8-15-17(10-13)29-20(21-15)22-18(23)11-28-19(24)14-7-5-12(25-2)9-16(14)26-3/h5-10H,4,11H2,1-3H3,(H,21,22,23). The molecule has 0 aliphatic heterocycles. The van der Waals surface area contributed by atoms with Crippen LogP contribution in [0, 0.1) is 0 Å². The molecule has 0 atom stereocenters. The number of carbonyl (C=O) groups excluding carboxylic acids is 2. The van der Waals surface area contributed by atoms with Crippen LogP contribution in [0.5, 0.6) is 17.2 Å². The Labute approximate surface area is 171 Å². The molecule has 152 valence electrons. The Morgan fingerprint density at radius 2 is 1.86 bits per heavy atom. The zero-order chi connectivity index (χ0) is 20.8. The number of methoxy groups -OCH3 is 2. The Morgan fingerprint density at radius 1 is 1.07 bits per heavy atom. The summed E-state index contributed by atoms with van der Waals surface area (Å²) in [7, 11) is 2.94. The molecule has 1 N–H and O–H groups in total. The average molecular weight is 416 g/mol. The third-order valence-electron chi connectivity index (χ3n) is 3.88. The van der Waals surface area contributed by atoms with Crippen LogP contribution in [-0.4, -0.2) is 44.3 Å². The predicted octanol–water partition coefficient (Wildman–Crippen LogP) is 3.51. The van der Waals surface area contributed by atoms with E-state index < -0.39 is 18.5 Å². The van der Waals surface area contributed by atoms with Crippen molar-refractivity contribution in [1.29, 1.82) is 0 Å². The molecule has 0 radical (unpaired) electrons. The van der Waals surface area contributed by atoms with E-state index in [9.17, 15) is 9.59 Å². The van der Waals surface area contributed by atoms with Gasteiger partial charge < -0.3 is 18.9 Å². The SMILES string of the molecule is CCOc1ccc2nc(NC(=O)COC(=O)c3ccc(OC)cc3OC)sc2c1. The molecule has 3 rings (SSSR count). The number of esters is 1. The van der Waals surface area contributed by atoms with Gasteiger partial charge in [0.25, 0.3) is 5.91 Å². The summed E-state index contributed by atoms with van der Waals surface area (Å²) in [6.07, 6.45) is 0. The number of nitrogens with zero attached hydrogens (tertiary/aromatic N) is 1. The maximum Gasteiger partial charge on any atom is 0.342 e. The molecule has 0 spiro atoms. The first-order valence-corrected chi connectivity index (χ1v) is 9.58. The normalized spacial score (nSPS) is 10.4. The van der Waals surface area contributed by atoms with Gasteiger partial charge >= 0.3 is 5.97 Å². The van der Waals surface area contributed by atoms with Gasteiger partial charge in [0.1, 0.15) is 22.8 Å². The van der Waals surface area contributed by atoms with Crippen molar-refractivity contribution in [2.75, 3.05) is 32.8 Å². The molecular formula is C20H20N2O6S. The first-order chi connectivity index (χ1) is 14.0. The van der Waals surface area contributed by atoms with Gasteiger partial charge in [0.05, 0.1) is 31.0 Å². The van der Waals surface area contributed by atoms with E-state index in [1.807, 2.05) is 25.1 Å². The number of rotatable bonds is 8. The van der Waals surface area contributed by atoms with Crippen molar-refractivity contribution in [1.82, 2.24) is 4.98 Å². The largest absolute Gasteiger partial charge is 0.497 e. The summed E-state index contributed by atoms with van der Waals surface area (Å²) in [5.74, 6) is 0.412. The highest BCUT2D eigenvalue weighted by atomic mass is 32.1. The first kappa shape index (κ1) is 20.4. The third-order valence-corrected chi connectivity index (χ3v) is 4.81. The highest BCUT2D eigenvalue weighted by molar-refractivity contribution is 7.22. The number of aromatic nitrogens is 1. The van der Waals surface area contributed by atoms with Gasteiger partial charge in [0.15, 0.2) is 11.7 Å². The summed E-state index contributed by atoms with van der Waals surface area (Å²) in [5.41, 5.74) is 0.943. The summed E-state index contributed by atoms with van der Waals surface area (Å²) < 4.78 is 21.7. The smallest absolute Gasteiger partial charge is 0.342 e. The lowest BCUT2D eigenvalue weighted by Crippen LogP contribution is -2.21. The lowest BCUT2D eigenvalue weighted by molar-refractivity contribution is -0.119. The topological polar surface area (TPSA) is 96.0 Å². The van der Waals surface area contributed by atoms with Crippen LogP contribution in [0.2, 0.25) is 0 Å². The Morgan fingerprint density at radius 3 is 2.59 bits per heavy atom. The van der Waals surface area contributed by atoms with Crippen molar-refractivity contribution < 1.29 is 28.5 Å². The van der Waals surface area contributed by atoms with Gasteiger partial charge in [-0.25, -0.2) is 9.78 Å². The first-order valence-electron chi connectivity index (χ1n) is 8.76. The van der Waals surface area contributed by atoms with E-state index in [2.05, 4.69) is 10.3 Å². The van der Waals surface area contributed by atoms with Crippen LogP contribution in [0.3, 0.4) is 0 Å². The Balaban J connectivity index is 1.61. The van der Waals surface area contributed by atoms with Gasteiger partial charge in [0.2, 0.25) is 0 Å². The van der Waals surface area contributed by atoms with Crippen LogP contribution in [-0.2, 0) is 9.53 Å². The van der Waals surface area contributed by atoms with Crippen LogP contribution in [0.25, 0.3) is 10.2 Å². The van der Waals surface area contributed by atoms with Crippen LogP contribution in [0.1, 0.15) is 17.3 Å². The Kier molecular flexibility index (Phi) is 6.50. The number of thiazole rings is 1. The van der Waals surface area contributed by atoms with Crippen molar-refractivity contribution in [3.63, 3.8) is 0 Å². The van der Waals surface area contributed by atoms with E-state index in [4.69, 9.17) is 18.9 Å². The number of ether oxygens (including phenoxy) is 4. The van der Waals surface area contributed by atoms with E-state index in [0.717, 1.165) is 16.0 Å². The van der Waals surface area contributed by atoms with Crippen molar-refractivity contribution in [3.05, 3.63) is 42.0 Å². The number of hydrogen-bond acceptors (Lipinski definition) is 8. The molecular weight excluding hydrogens is 396 g/mol. The maximum absolute atomic E-state index is 12.3. The number of amides is 1. The fraction of sp³-hybridized carbons (Fsp3) is 0.250. The number of nitrogens with one attached hydrogen (secondary N) is 1. The van der Waals surface area contributed by atoms with Crippen molar-refractivity contribution in [3.8, 4) is 17.2 Å². The molecule has 0 unspecified atom stereocenters. The summed E-state index contributed by atoms with van der Waals surface area (Å²) in [6.45, 7) is 2.03. The van der Waals surface area contributed by atoms with Gasteiger partial charge in [-0.1, -0.05) is 11.3 Å². The molecule has 1 aromatic heterocycles. The summed E-state index contributed by atoms with van der Waals surface area (Å²) in [4.78, 5) is 28.8. The molecule has 8 nitrogen and oxygen atoms in total. The highest BCUT2D eigenvalue weighted by Crippen LogP contribution is 2.29. The fourth-order valence-corrected chi connectivity index (χ4v) is 3.46. The van der Waals surface area contributed by atoms with Crippen molar-refractivity contribution in [2.45, 2.75) is 6.92 Å². The molecule has 9 heteroatoms. The minimum Gasteiger partial charge on any atom is -0.497 e. The number of fused-ring (bicyclic) bond motifs is 1. The second-order valence-electron chi connectivity index (χ2n) is 5.77. The molecule has 1 amide bonds. The van der Waals surface area contributed by atoms with Crippen LogP contribution >= 0.6 is 11.3 Å². The molecule has 1 heterocycles. The Hall–Kier alpha value is -3.33. The van der Waals surface area contributed by atoms with Gasteiger partial charge in [-0.3, -0.25) is 10.1 Å². The quantitative estimate of drug-likeness (QED) is 0.561. The van der Waals surface area contributed by atoms with Crippen LogP contribution in [0.4, 0.5) is 5.13 Å². The van der Waals surface area contributed by atoms with Crippen LogP contribution < -0.4 is 19.5 Å². The van der Waals surface area contributed by atoms with E-state index in [1.165, 1.54) is 31.6 Å². The second kappa shape index (κ2) is 9.24. The minimum atomic E-state index is -0.676. The molecule has 29 heavy (non-hydrogen) atoms. The zero-order valence-corrected chi connectivity index (χ0v) is 17.0. The zero-order valence-electron chi connectivity index (χ0n) is 16.2. The molecule has 3 aromatic rings. The fourth-order valence-electron chi connectivity index (χ4n) is 2.55. The number of anilines is 1. The second-order valence-corrected chi connectivity index (χ2v) is 6.80. The molecule has 0 saturated carbocycles. The van der Waals surface area contributed by atoms with Crippen molar-refractivity contribution in [2.24, 2.45) is 0 Å². The van der Waals surface area contributed by atoms with E-state index >= 15 is 0 Å². The van der Waals surface area contributed by atoms with Crippen LogP contribution in [0.15, 0.2) is 36.4 Å². The summed E-state index contributed by atoms with van der Waals surface area (Å²) >= 11 is 1.31. The highest BCUT2D eigenvalue weighted by Gasteiger charge is 2.17. The third kappa shape index (κ3) is 4.94. The average Bonchev–Trinajstić information content (AvgIpc) is 3.13. The van der Waals surface area contributed by atoms with Gasteiger partial charge in [0, 0.05) is 6.07 Å². The van der Waals surface area contributed by atoms with Gasteiger partial charge in [-0.15, -0.1) is 0 Å². The molecule has 0 aliphatic rings. The van der Waals surface area contributed by atoms with E-state index in [1.54, 1.807) is 12.1 Å².